The second-order valence-electron chi connectivity index (χ2n) is 4.52. The number of hydrogen-bond acceptors (Lipinski definition) is 3. The van der Waals surface area contributed by atoms with Gasteiger partial charge >= 0.3 is 5.97 Å². The molecule has 0 saturated carbocycles. The van der Waals surface area contributed by atoms with Crippen LogP contribution in [0, 0.1) is 5.92 Å². The maximum absolute atomic E-state index is 13.2. The van der Waals surface area contributed by atoms with Crippen LogP contribution in [-0.4, -0.2) is 24.6 Å². The smallest absolute Gasteiger partial charge is 0.317 e. The van der Waals surface area contributed by atoms with Crippen LogP contribution >= 0.6 is 11.6 Å². The molecule has 0 amide bonds. The van der Waals surface area contributed by atoms with Crippen LogP contribution in [0.2, 0.25) is 5.02 Å². The molecule has 0 bridgehead atoms. The van der Waals surface area contributed by atoms with Gasteiger partial charge in [-0.05, 0) is 24.1 Å². The van der Waals surface area contributed by atoms with Crippen LogP contribution in [0.5, 0.6) is 0 Å². The van der Waals surface area contributed by atoms with E-state index in [1.165, 1.54) is 24.3 Å². The van der Waals surface area contributed by atoms with E-state index in [1.807, 2.05) is 0 Å². The lowest BCUT2D eigenvalue weighted by molar-refractivity contribution is -0.170. The van der Waals surface area contributed by atoms with E-state index in [0.29, 0.717) is 11.4 Å². The highest BCUT2D eigenvalue weighted by Gasteiger charge is 2.48. The highest BCUT2D eigenvalue weighted by Crippen LogP contribution is 2.39. The van der Waals surface area contributed by atoms with E-state index in [9.17, 15) is 18.7 Å². The molecule has 0 aliphatic carbocycles. The monoisotopic (exact) mass is 306 g/mol. The van der Waals surface area contributed by atoms with Gasteiger partial charge < -0.3 is 9.84 Å². The summed E-state index contributed by atoms with van der Waals surface area (Å²) >= 11 is 5.75. The van der Waals surface area contributed by atoms with E-state index >= 15 is 0 Å². The van der Waals surface area contributed by atoms with Gasteiger partial charge in [-0.3, -0.25) is 4.79 Å². The summed E-state index contributed by atoms with van der Waals surface area (Å²) in [5.74, 6) is -3.07. The van der Waals surface area contributed by atoms with E-state index in [0.717, 1.165) is 7.11 Å². The molecule has 1 N–H and O–H groups in total. The standard InChI is InChI=1S/C14H17ClF2O3/c1-3-8-14(19,9-4-6-10(15)7-5-9)11(12(16)17)13(18)20-2/h4-7,11-12,19H,3,8H2,1-2H3. The second kappa shape index (κ2) is 6.99. The Hall–Kier alpha value is -1.20. The minimum absolute atomic E-state index is 0.0126. The van der Waals surface area contributed by atoms with Crippen molar-refractivity contribution in [2.24, 2.45) is 5.92 Å². The molecule has 0 saturated heterocycles. The van der Waals surface area contributed by atoms with Gasteiger partial charge in [-0.1, -0.05) is 37.1 Å². The summed E-state index contributed by atoms with van der Waals surface area (Å²) in [6.07, 6.45) is -2.59. The summed E-state index contributed by atoms with van der Waals surface area (Å²) in [5.41, 5.74) is -1.76. The van der Waals surface area contributed by atoms with Gasteiger partial charge in [0.15, 0.2) is 5.92 Å². The Kier molecular flexibility index (Phi) is 5.89. The van der Waals surface area contributed by atoms with Gasteiger partial charge in [0.2, 0.25) is 0 Å². The van der Waals surface area contributed by atoms with E-state index in [2.05, 4.69) is 4.74 Å². The first kappa shape index (κ1) is 16.9. The van der Waals surface area contributed by atoms with Gasteiger partial charge in [0, 0.05) is 5.02 Å². The van der Waals surface area contributed by atoms with Crippen molar-refractivity contribution in [2.45, 2.75) is 31.8 Å². The molecule has 0 heterocycles. The van der Waals surface area contributed by atoms with Gasteiger partial charge in [-0.25, -0.2) is 8.78 Å². The number of carbonyl (C=O) groups excluding carboxylic acids is 1. The van der Waals surface area contributed by atoms with Crippen LogP contribution < -0.4 is 0 Å². The zero-order valence-electron chi connectivity index (χ0n) is 11.3. The number of benzene rings is 1. The van der Waals surface area contributed by atoms with Gasteiger partial charge in [0.05, 0.1) is 7.11 Å². The fourth-order valence-electron chi connectivity index (χ4n) is 2.23. The lowest BCUT2D eigenvalue weighted by Crippen LogP contribution is -2.44. The molecule has 0 radical (unpaired) electrons. The number of esters is 1. The normalized spacial score (nSPS) is 15.8. The molecule has 6 heteroatoms. The fourth-order valence-corrected chi connectivity index (χ4v) is 2.36. The van der Waals surface area contributed by atoms with Crippen LogP contribution in [0.15, 0.2) is 24.3 Å². The lowest BCUT2D eigenvalue weighted by Gasteiger charge is -2.34. The van der Waals surface area contributed by atoms with Crippen molar-refractivity contribution < 1.29 is 23.4 Å². The molecule has 0 fully saturated rings. The highest BCUT2D eigenvalue weighted by molar-refractivity contribution is 6.30. The zero-order valence-corrected chi connectivity index (χ0v) is 12.0. The maximum atomic E-state index is 13.2. The van der Waals surface area contributed by atoms with Crippen molar-refractivity contribution in [3.05, 3.63) is 34.9 Å². The summed E-state index contributed by atoms with van der Waals surface area (Å²) < 4.78 is 30.9. The molecule has 0 aromatic heterocycles. The summed E-state index contributed by atoms with van der Waals surface area (Å²) in [6, 6.07) is 5.85. The molecule has 20 heavy (non-hydrogen) atoms. The molecule has 112 valence electrons. The minimum atomic E-state index is -3.03. The molecule has 1 rings (SSSR count). The third-order valence-electron chi connectivity index (χ3n) is 3.20. The number of methoxy groups -OCH3 is 1. The van der Waals surface area contributed by atoms with Crippen LogP contribution in [0.4, 0.5) is 8.78 Å². The number of carbonyl (C=O) groups is 1. The highest BCUT2D eigenvalue weighted by atomic mass is 35.5. The largest absolute Gasteiger partial charge is 0.469 e. The van der Waals surface area contributed by atoms with Crippen molar-refractivity contribution in [1.29, 1.82) is 0 Å². The first-order chi connectivity index (χ1) is 9.36. The Morgan fingerprint density at radius 1 is 1.40 bits per heavy atom. The number of aliphatic hydroxyl groups is 1. The second-order valence-corrected chi connectivity index (χ2v) is 4.95. The molecule has 1 aromatic carbocycles. The number of hydrogen-bond donors (Lipinski definition) is 1. The first-order valence-corrected chi connectivity index (χ1v) is 6.59. The summed E-state index contributed by atoms with van der Waals surface area (Å²) in [5, 5.41) is 11.1. The molecule has 3 nitrogen and oxygen atoms in total. The third kappa shape index (κ3) is 3.46. The van der Waals surface area contributed by atoms with Crippen molar-refractivity contribution in [3.8, 4) is 0 Å². The summed E-state index contributed by atoms with van der Waals surface area (Å²) in [4.78, 5) is 11.6. The quantitative estimate of drug-likeness (QED) is 0.820. The SMILES string of the molecule is CCCC(O)(c1ccc(Cl)cc1)C(C(=O)OC)C(F)F. The Balaban J connectivity index is 3.30. The molecular formula is C14H17ClF2O3. The molecular weight excluding hydrogens is 290 g/mol. The van der Waals surface area contributed by atoms with E-state index in [-0.39, 0.29) is 12.0 Å². The average molecular weight is 307 g/mol. The van der Waals surface area contributed by atoms with Crippen LogP contribution in [0.1, 0.15) is 25.3 Å². The summed E-state index contributed by atoms with van der Waals surface area (Å²) in [7, 11) is 1.02. The first-order valence-electron chi connectivity index (χ1n) is 6.21. The Morgan fingerprint density at radius 3 is 2.35 bits per heavy atom. The predicted octanol–water partition coefficient (Wildman–Crippen LogP) is 3.38. The van der Waals surface area contributed by atoms with E-state index < -0.39 is 23.9 Å². The third-order valence-corrected chi connectivity index (χ3v) is 3.45. The zero-order chi connectivity index (χ0) is 15.3. The fraction of sp³-hybridized carbons (Fsp3) is 0.500. The van der Waals surface area contributed by atoms with E-state index in [4.69, 9.17) is 11.6 Å². The molecule has 0 aliphatic rings. The topological polar surface area (TPSA) is 46.5 Å². The molecule has 0 spiro atoms. The van der Waals surface area contributed by atoms with Crippen molar-refractivity contribution >= 4 is 17.6 Å². The van der Waals surface area contributed by atoms with Gasteiger partial charge in [0.25, 0.3) is 6.43 Å². The lowest BCUT2D eigenvalue weighted by atomic mass is 9.78. The van der Waals surface area contributed by atoms with Crippen LogP contribution in [-0.2, 0) is 15.1 Å². The number of alkyl halides is 2. The number of halogens is 3. The molecule has 2 atom stereocenters. The Bertz CT molecular complexity index is 450. The number of rotatable bonds is 6. The Labute approximate surface area is 121 Å². The van der Waals surface area contributed by atoms with E-state index in [1.54, 1.807) is 6.92 Å². The maximum Gasteiger partial charge on any atom is 0.317 e. The molecule has 1 aromatic rings. The number of ether oxygens (including phenoxy) is 1. The summed E-state index contributed by atoms with van der Waals surface area (Å²) in [6.45, 7) is 1.74. The van der Waals surface area contributed by atoms with Crippen molar-refractivity contribution in [2.75, 3.05) is 7.11 Å². The average Bonchev–Trinajstić information content (AvgIpc) is 2.39. The van der Waals surface area contributed by atoms with Crippen LogP contribution in [0.25, 0.3) is 0 Å². The van der Waals surface area contributed by atoms with Gasteiger partial charge in [-0.2, -0.15) is 0 Å². The minimum Gasteiger partial charge on any atom is -0.469 e. The van der Waals surface area contributed by atoms with Gasteiger partial charge in [-0.15, -0.1) is 0 Å². The molecule has 2 unspecified atom stereocenters. The molecule has 0 aliphatic heterocycles. The van der Waals surface area contributed by atoms with Crippen molar-refractivity contribution in [1.82, 2.24) is 0 Å². The predicted molar refractivity (Wildman–Crippen MR) is 71.8 cm³/mol. The van der Waals surface area contributed by atoms with Crippen LogP contribution in [0.3, 0.4) is 0 Å². The van der Waals surface area contributed by atoms with Gasteiger partial charge in [0.1, 0.15) is 5.60 Å². The van der Waals surface area contributed by atoms with Crippen molar-refractivity contribution in [3.63, 3.8) is 0 Å². The Morgan fingerprint density at radius 2 is 1.95 bits per heavy atom.